The van der Waals surface area contributed by atoms with Crippen molar-refractivity contribution in [3.8, 4) is 0 Å². The second-order valence-corrected chi connectivity index (χ2v) is 4.44. The molecule has 0 rings (SSSR count). The summed E-state index contributed by atoms with van der Waals surface area (Å²) in [6, 6.07) is 0. The number of hydrogen-bond donors (Lipinski definition) is 1. The predicted molar refractivity (Wildman–Crippen MR) is 67.2 cm³/mol. The Bertz CT molecular complexity index is 113. The summed E-state index contributed by atoms with van der Waals surface area (Å²) in [5.41, 5.74) is 0.315. The number of thiol groups is 1. The second-order valence-electron chi connectivity index (χ2n) is 4.12. The molecule has 0 atom stereocenters. The Morgan fingerprint density at radius 3 is 2.14 bits per heavy atom. The van der Waals surface area contributed by atoms with Crippen LogP contribution < -0.4 is 0 Å². The fourth-order valence-corrected chi connectivity index (χ4v) is 2.00. The Kier molecular flexibility index (Phi) is 8.80. The van der Waals surface area contributed by atoms with Gasteiger partial charge in [-0.2, -0.15) is 12.6 Å². The normalized spacial score (nSPS) is 12.0. The average molecular weight is 218 g/mol. The Hall–Kier alpha value is 0.310. The highest BCUT2D eigenvalue weighted by molar-refractivity contribution is 7.80. The van der Waals surface area contributed by atoms with Crippen LogP contribution in [0.2, 0.25) is 0 Å². The first-order chi connectivity index (χ1) is 6.74. The van der Waals surface area contributed by atoms with E-state index in [9.17, 15) is 0 Å². The van der Waals surface area contributed by atoms with Crippen molar-refractivity contribution in [2.45, 2.75) is 52.9 Å². The second kappa shape index (κ2) is 8.60. The molecule has 0 aliphatic carbocycles. The van der Waals surface area contributed by atoms with E-state index in [4.69, 9.17) is 4.74 Å². The molecule has 0 amide bonds. The molecule has 0 aromatic heterocycles. The molecule has 0 saturated heterocycles. The molecule has 0 aliphatic rings. The topological polar surface area (TPSA) is 9.23 Å². The van der Waals surface area contributed by atoms with Gasteiger partial charge < -0.3 is 4.74 Å². The Morgan fingerprint density at radius 2 is 1.71 bits per heavy atom. The average Bonchev–Trinajstić information content (AvgIpc) is 2.24. The van der Waals surface area contributed by atoms with Crippen molar-refractivity contribution in [2.24, 2.45) is 5.41 Å². The summed E-state index contributed by atoms with van der Waals surface area (Å²) in [6.45, 7) is 8.48. The minimum Gasteiger partial charge on any atom is -0.381 e. The largest absolute Gasteiger partial charge is 0.381 e. The van der Waals surface area contributed by atoms with Gasteiger partial charge in [0.15, 0.2) is 0 Å². The van der Waals surface area contributed by atoms with E-state index in [0.717, 1.165) is 19.0 Å². The van der Waals surface area contributed by atoms with Crippen LogP contribution in [0.1, 0.15) is 52.9 Å². The van der Waals surface area contributed by atoms with Crippen molar-refractivity contribution in [3.63, 3.8) is 0 Å². The molecule has 0 N–H and O–H groups in total. The summed E-state index contributed by atoms with van der Waals surface area (Å²) >= 11 is 4.42. The van der Waals surface area contributed by atoms with Gasteiger partial charge in [-0.05, 0) is 25.0 Å². The molecule has 0 saturated carbocycles. The fourth-order valence-electron chi connectivity index (χ4n) is 1.47. The Labute approximate surface area is 95.0 Å². The van der Waals surface area contributed by atoms with Crippen molar-refractivity contribution >= 4 is 12.6 Å². The zero-order valence-corrected chi connectivity index (χ0v) is 10.9. The molecule has 1 nitrogen and oxygen atoms in total. The lowest BCUT2D eigenvalue weighted by atomic mass is 9.85. The van der Waals surface area contributed by atoms with Crippen LogP contribution in [-0.2, 0) is 4.74 Å². The molecule has 2 heteroatoms. The van der Waals surface area contributed by atoms with E-state index in [-0.39, 0.29) is 0 Å². The summed E-state index contributed by atoms with van der Waals surface area (Å²) < 4.78 is 5.72. The molecule has 86 valence electrons. The fraction of sp³-hybridized carbons (Fsp3) is 1.00. The Morgan fingerprint density at radius 1 is 1.07 bits per heavy atom. The maximum absolute atomic E-state index is 5.72. The zero-order chi connectivity index (χ0) is 10.9. The molecule has 0 aromatic rings. The van der Waals surface area contributed by atoms with Crippen LogP contribution in [0.3, 0.4) is 0 Å². The zero-order valence-electron chi connectivity index (χ0n) is 10.0. The lowest BCUT2D eigenvalue weighted by molar-refractivity contribution is 0.0492. The molecule has 0 unspecified atom stereocenters. The summed E-state index contributed by atoms with van der Waals surface area (Å²) in [5.74, 6) is 0.938. The highest BCUT2D eigenvalue weighted by Gasteiger charge is 2.24. The van der Waals surface area contributed by atoms with Crippen LogP contribution >= 0.6 is 12.6 Å². The van der Waals surface area contributed by atoms with Crippen molar-refractivity contribution in [2.75, 3.05) is 19.0 Å². The third-order valence-corrected chi connectivity index (χ3v) is 3.81. The van der Waals surface area contributed by atoms with Gasteiger partial charge >= 0.3 is 0 Å². The minimum atomic E-state index is 0.315. The Balaban J connectivity index is 3.61. The highest BCUT2D eigenvalue weighted by atomic mass is 32.1. The highest BCUT2D eigenvalue weighted by Crippen LogP contribution is 2.28. The van der Waals surface area contributed by atoms with Crippen molar-refractivity contribution in [1.29, 1.82) is 0 Å². The molecule has 0 aromatic carbocycles. The van der Waals surface area contributed by atoms with E-state index in [2.05, 4.69) is 33.4 Å². The molecule has 0 radical (unpaired) electrons. The van der Waals surface area contributed by atoms with E-state index in [1.54, 1.807) is 0 Å². The minimum absolute atomic E-state index is 0.315. The summed E-state index contributed by atoms with van der Waals surface area (Å²) in [7, 11) is 0. The van der Waals surface area contributed by atoms with Crippen molar-refractivity contribution in [3.05, 3.63) is 0 Å². The van der Waals surface area contributed by atoms with Gasteiger partial charge in [0.05, 0.1) is 6.61 Å². The summed E-state index contributed by atoms with van der Waals surface area (Å²) in [6.07, 6.45) is 6.09. The molecule has 0 bridgehead atoms. The van der Waals surface area contributed by atoms with E-state index in [0.29, 0.717) is 5.41 Å². The first kappa shape index (κ1) is 14.3. The number of hydrogen-bond acceptors (Lipinski definition) is 2. The lowest BCUT2D eigenvalue weighted by Gasteiger charge is -2.29. The summed E-state index contributed by atoms with van der Waals surface area (Å²) in [5, 5.41) is 0. The van der Waals surface area contributed by atoms with E-state index in [1.165, 1.54) is 32.1 Å². The van der Waals surface area contributed by atoms with Crippen molar-refractivity contribution in [1.82, 2.24) is 0 Å². The van der Waals surface area contributed by atoms with E-state index >= 15 is 0 Å². The number of unbranched alkanes of at least 4 members (excludes halogenated alkanes) is 2. The third-order valence-electron chi connectivity index (χ3n) is 3.14. The van der Waals surface area contributed by atoms with Crippen molar-refractivity contribution < 1.29 is 4.74 Å². The monoisotopic (exact) mass is 218 g/mol. The van der Waals surface area contributed by atoms with Gasteiger partial charge in [0.1, 0.15) is 0 Å². The van der Waals surface area contributed by atoms with Gasteiger partial charge in [-0.3, -0.25) is 0 Å². The third kappa shape index (κ3) is 5.26. The van der Waals surface area contributed by atoms with Gasteiger partial charge in [-0.25, -0.2) is 0 Å². The molecule has 0 heterocycles. The molecule has 0 fully saturated rings. The predicted octanol–water partition coefficient (Wildman–Crippen LogP) is 3.93. The van der Waals surface area contributed by atoms with Crippen LogP contribution in [0.4, 0.5) is 0 Å². The smallest absolute Gasteiger partial charge is 0.0530 e. The van der Waals surface area contributed by atoms with Crippen LogP contribution in [0, 0.1) is 5.41 Å². The van der Waals surface area contributed by atoms with Crippen LogP contribution in [-0.4, -0.2) is 19.0 Å². The maximum atomic E-state index is 5.72. The SMILES string of the molecule is CCCCCOCC(CC)(CC)CS. The quantitative estimate of drug-likeness (QED) is 0.456. The summed E-state index contributed by atoms with van der Waals surface area (Å²) in [4.78, 5) is 0. The van der Waals surface area contributed by atoms with Crippen LogP contribution in [0.15, 0.2) is 0 Å². The van der Waals surface area contributed by atoms with Gasteiger partial charge in [-0.15, -0.1) is 0 Å². The van der Waals surface area contributed by atoms with E-state index < -0.39 is 0 Å². The van der Waals surface area contributed by atoms with Gasteiger partial charge in [0.25, 0.3) is 0 Å². The van der Waals surface area contributed by atoms with Gasteiger partial charge in [0.2, 0.25) is 0 Å². The first-order valence-corrected chi connectivity index (χ1v) is 6.56. The molecule has 0 aliphatic heterocycles. The number of ether oxygens (including phenoxy) is 1. The van der Waals surface area contributed by atoms with Crippen LogP contribution in [0.25, 0.3) is 0 Å². The molecule has 14 heavy (non-hydrogen) atoms. The molecule has 0 spiro atoms. The molecular weight excluding hydrogens is 192 g/mol. The van der Waals surface area contributed by atoms with Gasteiger partial charge in [-0.1, -0.05) is 33.6 Å². The molecular formula is C12H26OS. The number of rotatable bonds is 9. The van der Waals surface area contributed by atoms with E-state index in [1.807, 2.05) is 0 Å². The maximum Gasteiger partial charge on any atom is 0.0530 e. The first-order valence-electron chi connectivity index (χ1n) is 5.93. The van der Waals surface area contributed by atoms with Gasteiger partial charge in [0, 0.05) is 12.0 Å². The standard InChI is InChI=1S/C12H26OS/c1-4-7-8-9-13-10-12(5-2,6-3)11-14/h14H,4-11H2,1-3H3. The lowest BCUT2D eigenvalue weighted by Crippen LogP contribution is -2.27. The van der Waals surface area contributed by atoms with Crippen LogP contribution in [0.5, 0.6) is 0 Å².